The zero-order chi connectivity index (χ0) is 14.5. The van der Waals surface area contributed by atoms with Gasteiger partial charge in [-0.1, -0.05) is 48.5 Å². The number of aliphatic hydroxyl groups is 1. The Morgan fingerprint density at radius 3 is 1.95 bits per heavy atom. The van der Waals surface area contributed by atoms with Crippen molar-refractivity contribution in [2.75, 3.05) is 37.7 Å². The quantitative estimate of drug-likeness (QED) is 0.933. The topological polar surface area (TPSA) is 26.7 Å². The molecule has 0 aromatic heterocycles. The van der Waals surface area contributed by atoms with E-state index in [1.807, 2.05) is 18.2 Å². The van der Waals surface area contributed by atoms with Crippen LogP contribution in [0, 0.1) is 0 Å². The van der Waals surface area contributed by atoms with Gasteiger partial charge in [-0.15, -0.1) is 0 Å². The van der Waals surface area contributed by atoms with Gasteiger partial charge >= 0.3 is 0 Å². The molecule has 1 heterocycles. The molecule has 3 rings (SSSR count). The van der Waals surface area contributed by atoms with Crippen molar-refractivity contribution in [1.82, 2.24) is 4.90 Å². The van der Waals surface area contributed by atoms with Crippen molar-refractivity contribution in [3.05, 3.63) is 66.2 Å². The second-order valence-corrected chi connectivity index (χ2v) is 5.47. The first-order valence-electron chi connectivity index (χ1n) is 7.58. The van der Waals surface area contributed by atoms with Gasteiger partial charge in [-0.05, 0) is 17.7 Å². The van der Waals surface area contributed by atoms with Crippen molar-refractivity contribution in [1.29, 1.82) is 0 Å². The van der Waals surface area contributed by atoms with Crippen LogP contribution in [0.1, 0.15) is 11.6 Å². The molecule has 0 saturated carbocycles. The van der Waals surface area contributed by atoms with Gasteiger partial charge < -0.3 is 10.0 Å². The average molecular weight is 282 g/mol. The largest absolute Gasteiger partial charge is 0.394 e. The highest BCUT2D eigenvalue weighted by atomic mass is 16.3. The predicted molar refractivity (Wildman–Crippen MR) is 86.5 cm³/mol. The summed E-state index contributed by atoms with van der Waals surface area (Å²) in [6, 6.07) is 21.0. The molecule has 0 spiro atoms. The van der Waals surface area contributed by atoms with E-state index in [1.165, 1.54) is 11.3 Å². The summed E-state index contributed by atoms with van der Waals surface area (Å²) in [7, 11) is 0. The fourth-order valence-corrected chi connectivity index (χ4v) is 3.04. The first-order valence-corrected chi connectivity index (χ1v) is 7.58. The number of para-hydroxylation sites is 1. The zero-order valence-corrected chi connectivity index (χ0v) is 12.2. The summed E-state index contributed by atoms with van der Waals surface area (Å²) in [6.45, 7) is 4.15. The lowest BCUT2D eigenvalue weighted by molar-refractivity contribution is 0.117. The van der Waals surface area contributed by atoms with Gasteiger partial charge in [0.25, 0.3) is 0 Å². The Morgan fingerprint density at radius 1 is 0.810 bits per heavy atom. The number of piperazine rings is 1. The minimum Gasteiger partial charge on any atom is -0.394 e. The Labute approximate surface area is 126 Å². The molecule has 0 radical (unpaired) electrons. The number of benzene rings is 2. The zero-order valence-electron chi connectivity index (χ0n) is 12.2. The predicted octanol–water partition coefficient (Wildman–Crippen LogP) is 2.54. The summed E-state index contributed by atoms with van der Waals surface area (Å²) in [4.78, 5) is 4.80. The van der Waals surface area contributed by atoms with Crippen LogP contribution in [-0.4, -0.2) is 42.8 Å². The lowest BCUT2D eigenvalue weighted by atomic mass is 10.1. The van der Waals surface area contributed by atoms with Gasteiger partial charge in [0.2, 0.25) is 0 Å². The fraction of sp³-hybridized carbons (Fsp3) is 0.333. The van der Waals surface area contributed by atoms with Crippen molar-refractivity contribution in [3.63, 3.8) is 0 Å². The molecule has 1 unspecified atom stereocenters. The van der Waals surface area contributed by atoms with Crippen molar-refractivity contribution >= 4 is 5.69 Å². The minimum absolute atomic E-state index is 0.115. The van der Waals surface area contributed by atoms with Crippen LogP contribution in [0.2, 0.25) is 0 Å². The maximum absolute atomic E-state index is 9.76. The molecule has 21 heavy (non-hydrogen) atoms. The Morgan fingerprint density at radius 2 is 1.38 bits per heavy atom. The van der Waals surface area contributed by atoms with Crippen LogP contribution in [0.15, 0.2) is 60.7 Å². The monoisotopic (exact) mass is 282 g/mol. The Kier molecular flexibility index (Phi) is 4.53. The van der Waals surface area contributed by atoms with Gasteiger partial charge in [0.15, 0.2) is 0 Å². The highest BCUT2D eigenvalue weighted by molar-refractivity contribution is 5.46. The Balaban J connectivity index is 1.65. The van der Waals surface area contributed by atoms with E-state index < -0.39 is 0 Å². The van der Waals surface area contributed by atoms with Crippen LogP contribution in [0.3, 0.4) is 0 Å². The molecule has 0 aliphatic carbocycles. The van der Waals surface area contributed by atoms with Gasteiger partial charge in [0.1, 0.15) is 0 Å². The lowest BCUT2D eigenvalue weighted by Gasteiger charge is -2.39. The number of aliphatic hydroxyl groups excluding tert-OH is 1. The van der Waals surface area contributed by atoms with E-state index in [0.29, 0.717) is 0 Å². The second kappa shape index (κ2) is 6.74. The molecule has 1 fully saturated rings. The maximum Gasteiger partial charge on any atom is 0.0628 e. The summed E-state index contributed by atoms with van der Waals surface area (Å²) < 4.78 is 0. The summed E-state index contributed by atoms with van der Waals surface area (Å²) in [6.07, 6.45) is 0. The van der Waals surface area contributed by atoms with Crippen molar-refractivity contribution < 1.29 is 5.11 Å². The van der Waals surface area contributed by atoms with E-state index in [1.54, 1.807) is 0 Å². The molecule has 3 nitrogen and oxygen atoms in total. The molecule has 3 heteroatoms. The smallest absolute Gasteiger partial charge is 0.0628 e. The van der Waals surface area contributed by atoms with E-state index in [9.17, 15) is 5.11 Å². The highest BCUT2D eigenvalue weighted by Crippen LogP contribution is 2.23. The summed E-state index contributed by atoms with van der Waals surface area (Å²) in [5.41, 5.74) is 2.49. The molecule has 1 saturated heterocycles. The third-order valence-corrected chi connectivity index (χ3v) is 4.23. The molecule has 0 bridgehead atoms. The molecule has 1 atom stereocenters. The van der Waals surface area contributed by atoms with Crippen molar-refractivity contribution in [2.45, 2.75) is 6.04 Å². The molecule has 2 aromatic carbocycles. The Bertz CT molecular complexity index is 536. The molecule has 1 aliphatic rings. The SMILES string of the molecule is OCC(c1ccccc1)N1CCN(c2ccccc2)CC1. The number of anilines is 1. The molecule has 0 amide bonds. The van der Waals surface area contributed by atoms with Crippen LogP contribution in [-0.2, 0) is 0 Å². The maximum atomic E-state index is 9.76. The van der Waals surface area contributed by atoms with Crippen molar-refractivity contribution in [3.8, 4) is 0 Å². The van der Waals surface area contributed by atoms with Crippen LogP contribution in [0.25, 0.3) is 0 Å². The first-order chi connectivity index (χ1) is 10.4. The number of rotatable bonds is 4. The summed E-state index contributed by atoms with van der Waals surface area (Å²) in [5, 5.41) is 9.76. The van der Waals surface area contributed by atoms with Gasteiger partial charge in [0.05, 0.1) is 12.6 Å². The van der Waals surface area contributed by atoms with Crippen LogP contribution in [0.5, 0.6) is 0 Å². The van der Waals surface area contributed by atoms with E-state index in [2.05, 4.69) is 52.3 Å². The van der Waals surface area contributed by atoms with Crippen LogP contribution < -0.4 is 4.90 Å². The van der Waals surface area contributed by atoms with Gasteiger partial charge in [-0.25, -0.2) is 0 Å². The molecule has 110 valence electrons. The normalized spacial score (nSPS) is 17.7. The Hall–Kier alpha value is -1.84. The molecular weight excluding hydrogens is 260 g/mol. The standard InChI is InChI=1S/C18H22N2O/c21-15-18(16-7-3-1-4-8-16)20-13-11-19(12-14-20)17-9-5-2-6-10-17/h1-10,18,21H,11-15H2. The second-order valence-electron chi connectivity index (χ2n) is 5.47. The molecule has 2 aromatic rings. The van der Waals surface area contributed by atoms with Gasteiger partial charge in [-0.3, -0.25) is 4.90 Å². The highest BCUT2D eigenvalue weighted by Gasteiger charge is 2.24. The average Bonchev–Trinajstić information content (AvgIpc) is 2.58. The van der Waals surface area contributed by atoms with Crippen LogP contribution >= 0.6 is 0 Å². The lowest BCUT2D eigenvalue weighted by Crippen LogP contribution is -2.48. The number of hydrogen-bond acceptors (Lipinski definition) is 3. The molecular formula is C18H22N2O. The summed E-state index contributed by atoms with van der Waals surface area (Å²) >= 11 is 0. The van der Waals surface area contributed by atoms with Gasteiger partial charge in [-0.2, -0.15) is 0 Å². The third-order valence-electron chi connectivity index (χ3n) is 4.23. The van der Waals surface area contributed by atoms with Crippen LogP contribution in [0.4, 0.5) is 5.69 Å². The van der Waals surface area contributed by atoms with Crippen molar-refractivity contribution in [2.24, 2.45) is 0 Å². The third kappa shape index (κ3) is 3.26. The van der Waals surface area contributed by atoms with E-state index in [4.69, 9.17) is 0 Å². The first kappa shape index (κ1) is 14.1. The summed E-state index contributed by atoms with van der Waals surface area (Å²) in [5.74, 6) is 0. The van der Waals surface area contributed by atoms with E-state index >= 15 is 0 Å². The molecule has 1 N–H and O–H groups in total. The van der Waals surface area contributed by atoms with E-state index in [0.717, 1.165) is 26.2 Å². The fourth-order valence-electron chi connectivity index (χ4n) is 3.04. The van der Waals surface area contributed by atoms with E-state index in [-0.39, 0.29) is 12.6 Å². The minimum atomic E-state index is 0.115. The number of hydrogen-bond donors (Lipinski definition) is 1. The van der Waals surface area contributed by atoms with Gasteiger partial charge in [0, 0.05) is 31.9 Å². The molecule has 1 aliphatic heterocycles. The number of nitrogens with zero attached hydrogens (tertiary/aromatic N) is 2.